The number of para-hydroxylation sites is 1. The Hall–Kier alpha value is -2.77. The number of hydrogen-bond acceptors (Lipinski definition) is 5. The maximum absolute atomic E-state index is 12.6. The number of nitrogens with zero attached hydrogens (tertiary/aromatic N) is 5. The van der Waals surface area contributed by atoms with Crippen molar-refractivity contribution in [2.24, 2.45) is 5.92 Å². The number of carboxylic acids is 1. The van der Waals surface area contributed by atoms with E-state index in [0.717, 1.165) is 0 Å². The Kier molecular flexibility index (Phi) is 3.35. The van der Waals surface area contributed by atoms with Crippen LogP contribution in [0.15, 0.2) is 30.6 Å². The molecule has 0 radical (unpaired) electrons. The average Bonchev–Trinajstić information content (AvgIpc) is 3.18. The lowest BCUT2D eigenvalue weighted by Gasteiger charge is -2.17. The Morgan fingerprint density at radius 2 is 2.10 bits per heavy atom. The third-order valence-electron chi connectivity index (χ3n) is 3.55. The number of benzene rings is 1. The molecule has 8 nitrogen and oxygen atoms in total. The van der Waals surface area contributed by atoms with Gasteiger partial charge < -0.3 is 10.0 Å². The molecule has 1 aliphatic rings. The summed E-state index contributed by atoms with van der Waals surface area (Å²) in [4.78, 5) is 25.1. The fraction of sp³-hybridized carbons (Fsp3) is 0.308. The van der Waals surface area contributed by atoms with E-state index in [2.05, 4.69) is 15.5 Å². The van der Waals surface area contributed by atoms with Gasteiger partial charge in [-0.05, 0) is 29.0 Å². The molecule has 1 amide bonds. The molecule has 1 N–H and O–H groups in total. The van der Waals surface area contributed by atoms with E-state index < -0.39 is 11.9 Å². The van der Waals surface area contributed by atoms with E-state index in [-0.39, 0.29) is 12.5 Å². The van der Waals surface area contributed by atoms with Gasteiger partial charge in [0.15, 0.2) is 0 Å². The van der Waals surface area contributed by atoms with Crippen LogP contribution in [0.4, 0.5) is 0 Å². The van der Waals surface area contributed by atoms with Crippen LogP contribution in [0.2, 0.25) is 0 Å². The summed E-state index contributed by atoms with van der Waals surface area (Å²) in [6.45, 7) is 0.678. The zero-order chi connectivity index (χ0) is 14.8. The van der Waals surface area contributed by atoms with Gasteiger partial charge in [0.1, 0.15) is 6.33 Å². The quantitative estimate of drug-likeness (QED) is 0.866. The Balaban J connectivity index is 1.88. The van der Waals surface area contributed by atoms with Crippen LogP contribution in [0.25, 0.3) is 5.69 Å². The first-order valence-corrected chi connectivity index (χ1v) is 6.51. The summed E-state index contributed by atoms with van der Waals surface area (Å²) in [7, 11) is 0. The topological polar surface area (TPSA) is 101 Å². The highest BCUT2D eigenvalue weighted by Crippen LogP contribution is 2.21. The van der Waals surface area contributed by atoms with Crippen LogP contribution >= 0.6 is 0 Å². The average molecular weight is 287 g/mol. The van der Waals surface area contributed by atoms with E-state index in [1.165, 1.54) is 11.0 Å². The second kappa shape index (κ2) is 5.31. The van der Waals surface area contributed by atoms with Crippen LogP contribution in [0.3, 0.4) is 0 Å². The monoisotopic (exact) mass is 287 g/mol. The highest BCUT2D eigenvalue weighted by atomic mass is 16.4. The maximum atomic E-state index is 12.6. The van der Waals surface area contributed by atoms with E-state index in [9.17, 15) is 9.59 Å². The van der Waals surface area contributed by atoms with Gasteiger partial charge in [0, 0.05) is 13.1 Å². The highest BCUT2D eigenvalue weighted by Gasteiger charge is 2.32. The molecule has 1 aromatic heterocycles. The lowest BCUT2D eigenvalue weighted by molar-refractivity contribution is -0.141. The van der Waals surface area contributed by atoms with Crippen LogP contribution < -0.4 is 0 Å². The SMILES string of the molecule is O=C(O)[C@H]1CCN(C(=O)c2ccccc2-n2cnnn2)C1. The molecule has 108 valence electrons. The van der Waals surface area contributed by atoms with Crippen LogP contribution in [-0.2, 0) is 4.79 Å². The molecule has 2 aromatic rings. The van der Waals surface area contributed by atoms with Crippen molar-refractivity contribution in [3.8, 4) is 5.69 Å². The van der Waals surface area contributed by atoms with Crippen molar-refractivity contribution in [1.82, 2.24) is 25.1 Å². The van der Waals surface area contributed by atoms with E-state index in [0.29, 0.717) is 24.2 Å². The van der Waals surface area contributed by atoms with Crippen molar-refractivity contribution in [3.63, 3.8) is 0 Å². The fourth-order valence-electron chi connectivity index (χ4n) is 2.44. The largest absolute Gasteiger partial charge is 0.481 e. The number of rotatable bonds is 3. The van der Waals surface area contributed by atoms with Crippen molar-refractivity contribution in [1.29, 1.82) is 0 Å². The lowest BCUT2D eigenvalue weighted by atomic mass is 10.1. The first kappa shape index (κ1) is 13.2. The molecule has 1 atom stereocenters. The third-order valence-corrected chi connectivity index (χ3v) is 3.55. The van der Waals surface area contributed by atoms with Gasteiger partial charge in [-0.1, -0.05) is 12.1 Å². The Labute approximate surface area is 120 Å². The zero-order valence-electron chi connectivity index (χ0n) is 11.1. The smallest absolute Gasteiger partial charge is 0.308 e. The molecule has 1 aliphatic heterocycles. The van der Waals surface area contributed by atoms with Gasteiger partial charge in [-0.2, -0.15) is 4.68 Å². The van der Waals surface area contributed by atoms with Gasteiger partial charge in [-0.3, -0.25) is 9.59 Å². The lowest BCUT2D eigenvalue weighted by Crippen LogP contribution is -2.30. The number of carboxylic acid groups (broad SMARTS) is 1. The van der Waals surface area contributed by atoms with E-state index in [1.807, 2.05) is 0 Å². The normalized spacial score (nSPS) is 17.9. The number of aromatic nitrogens is 4. The number of hydrogen-bond donors (Lipinski definition) is 1. The van der Waals surface area contributed by atoms with Crippen molar-refractivity contribution >= 4 is 11.9 Å². The van der Waals surface area contributed by atoms with Gasteiger partial charge in [-0.25, -0.2) is 0 Å². The summed E-state index contributed by atoms with van der Waals surface area (Å²) in [5.41, 5.74) is 1.03. The van der Waals surface area contributed by atoms with Gasteiger partial charge in [0.05, 0.1) is 17.2 Å². The summed E-state index contributed by atoms with van der Waals surface area (Å²) < 4.78 is 1.41. The summed E-state index contributed by atoms with van der Waals surface area (Å²) in [5, 5.41) is 19.9. The predicted molar refractivity (Wildman–Crippen MR) is 70.8 cm³/mol. The first-order chi connectivity index (χ1) is 10.2. The van der Waals surface area contributed by atoms with E-state index >= 15 is 0 Å². The molecule has 1 fully saturated rings. The van der Waals surface area contributed by atoms with Gasteiger partial charge in [0.25, 0.3) is 5.91 Å². The van der Waals surface area contributed by atoms with Crippen LogP contribution in [0, 0.1) is 5.92 Å². The van der Waals surface area contributed by atoms with Gasteiger partial charge in [0.2, 0.25) is 0 Å². The summed E-state index contributed by atoms with van der Waals surface area (Å²) in [6, 6.07) is 6.98. The molecular formula is C13H13N5O3. The number of aliphatic carboxylic acids is 1. The molecule has 0 unspecified atom stereocenters. The first-order valence-electron chi connectivity index (χ1n) is 6.51. The molecule has 0 bridgehead atoms. The minimum Gasteiger partial charge on any atom is -0.481 e. The van der Waals surface area contributed by atoms with Crippen LogP contribution in [-0.4, -0.2) is 55.2 Å². The molecule has 1 aromatic carbocycles. The van der Waals surface area contributed by atoms with Crippen molar-refractivity contribution in [2.75, 3.05) is 13.1 Å². The second-order valence-corrected chi connectivity index (χ2v) is 4.85. The molecule has 8 heteroatoms. The molecule has 1 saturated heterocycles. The minimum atomic E-state index is -0.862. The number of carbonyl (C=O) groups is 2. The van der Waals surface area contributed by atoms with Crippen LogP contribution in [0.5, 0.6) is 0 Å². The van der Waals surface area contributed by atoms with E-state index in [4.69, 9.17) is 5.11 Å². The molecule has 2 heterocycles. The predicted octanol–water partition coefficient (Wildman–Crippen LogP) is 0.209. The molecule has 0 spiro atoms. The van der Waals surface area contributed by atoms with Crippen molar-refractivity contribution in [2.45, 2.75) is 6.42 Å². The van der Waals surface area contributed by atoms with E-state index in [1.54, 1.807) is 29.2 Å². The summed E-state index contributed by atoms with van der Waals surface area (Å²) in [5.74, 6) is -1.56. The zero-order valence-corrected chi connectivity index (χ0v) is 11.1. The third kappa shape index (κ3) is 2.47. The second-order valence-electron chi connectivity index (χ2n) is 4.85. The summed E-state index contributed by atoms with van der Waals surface area (Å²) in [6.07, 6.45) is 1.89. The Morgan fingerprint density at radius 3 is 2.76 bits per heavy atom. The molecule has 21 heavy (non-hydrogen) atoms. The molecular weight excluding hydrogens is 274 g/mol. The maximum Gasteiger partial charge on any atom is 0.308 e. The number of likely N-dealkylation sites (tertiary alicyclic amines) is 1. The number of tetrazole rings is 1. The van der Waals surface area contributed by atoms with Crippen LogP contribution in [0.1, 0.15) is 16.8 Å². The Morgan fingerprint density at radius 1 is 1.29 bits per heavy atom. The minimum absolute atomic E-state index is 0.204. The number of carbonyl (C=O) groups excluding carboxylic acids is 1. The van der Waals surface area contributed by atoms with Crippen molar-refractivity contribution < 1.29 is 14.7 Å². The molecule has 0 saturated carbocycles. The van der Waals surface area contributed by atoms with Crippen molar-refractivity contribution in [3.05, 3.63) is 36.2 Å². The summed E-state index contributed by atoms with van der Waals surface area (Å²) >= 11 is 0. The molecule has 3 rings (SSSR count). The van der Waals surface area contributed by atoms with Gasteiger partial charge >= 0.3 is 5.97 Å². The fourth-order valence-corrected chi connectivity index (χ4v) is 2.44. The number of amides is 1. The van der Waals surface area contributed by atoms with Gasteiger partial charge in [-0.15, -0.1) is 5.10 Å². The standard InChI is InChI=1S/C13H13N5O3/c19-12(17-6-5-9(7-17)13(20)21)10-3-1-2-4-11(10)18-8-14-15-16-18/h1-4,8-9H,5-7H2,(H,20,21)/t9-/m0/s1. The highest BCUT2D eigenvalue weighted by molar-refractivity contribution is 5.98. The molecule has 0 aliphatic carbocycles. The Bertz CT molecular complexity index is 670.